The summed E-state index contributed by atoms with van der Waals surface area (Å²) in [5, 5.41) is 0. The molecule has 1 aliphatic rings. The number of halogens is 4. The summed E-state index contributed by atoms with van der Waals surface area (Å²) < 4.78 is 51.3. The molecule has 0 radical (unpaired) electrons. The van der Waals surface area contributed by atoms with Crippen LogP contribution in [0.15, 0.2) is 42.6 Å². The molecule has 0 saturated carbocycles. The highest BCUT2D eigenvalue weighted by Crippen LogP contribution is 2.29. The summed E-state index contributed by atoms with van der Waals surface area (Å²) in [6.45, 7) is 2.40. The van der Waals surface area contributed by atoms with Gasteiger partial charge in [0.05, 0.1) is 17.6 Å². The van der Waals surface area contributed by atoms with E-state index in [9.17, 15) is 17.6 Å². The van der Waals surface area contributed by atoms with Crippen LogP contribution in [0.3, 0.4) is 0 Å². The first-order valence-electron chi connectivity index (χ1n) is 7.23. The van der Waals surface area contributed by atoms with E-state index in [0.717, 1.165) is 6.07 Å². The lowest BCUT2D eigenvalue weighted by Crippen LogP contribution is -2.46. The van der Waals surface area contributed by atoms with Crippen LogP contribution >= 0.6 is 0 Å². The van der Waals surface area contributed by atoms with Crippen molar-refractivity contribution in [3.63, 3.8) is 0 Å². The Balaban J connectivity index is 1.66. The van der Waals surface area contributed by atoms with Crippen molar-refractivity contribution in [2.24, 2.45) is 0 Å². The van der Waals surface area contributed by atoms with Crippen LogP contribution in [0.25, 0.3) is 0 Å². The molecule has 0 amide bonds. The van der Waals surface area contributed by atoms with E-state index in [-0.39, 0.29) is 5.82 Å². The van der Waals surface area contributed by atoms with Crippen LogP contribution in [0.5, 0.6) is 0 Å². The number of hydrogen-bond donors (Lipinski definition) is 0. The van der Waals surface area contributed by atoms with Gasteiger partial charge in [-0.25, -0.2) is 9.37 Å². The monoisotopic (exact) mass is 325 g/mol. The van der Waals surface area contributed by atoms with Crippen molar-refractivity contribution in [1.82, 2.24) is 4.98 Å². The molecule has 1 aromatic carbocycles. The number of alkyl halides is 3. The first-order chi connectivity index (χ1) is 10.9. The number of hydrogen-bond acceptors (Lipinski definition) is 3. The van der Waals surface area contributed by atoms with Gasteiger partial charge in [0.15, 0.2) is 0 Å². The Labute approximate surface area is 131 Å². The molecule has 1 aliphatic heterocycles. The number of anilines is 2. The Hall–Kier alpha value is -2.31. The van der Waals surface area contributed by atoms with Crippen molar-refractivity contribution in [3.05, 3.63) is 54.1 Å². The van der Waals surface area contributed by atoms with Crippen molar-refractivity contribution in [1.29, 1.82) is 0 Å². The molecule has 0 atom stereocenters. The molecule has 1 fully saturated rings. The zero-order valence-corrected chi connectivity index (χ0v) is 12.2. The van der Waals surface area contributed by atoms with Gasteiger partial charge in [0.25, 0.3) is 0 Å². The molecule has 0 N–H and O–H groups in total. The second kappa shape index (κ2) is 6.06. The second-order valence-corrected chi connectivity index (χ2v) is 5.32. The number of benzene rings is 1. The van der Waals surface area contributed by atoms with Crippen LogP contribution in [0.2, 0.25) is 0 Å². The number of rotatable bonds is 2. The molecule has 0 spiro atoms. The van der Waals surface area contributed by atoms with Crippen LogP contribution in [0, 0.1) is 5.82 Å². The molecular weight excluding hydrogens is 310 g/mol. The van der Waals surface area contributed by atoms with E-state index in [1.807, 2.05) is 9.80 Å². The summed E-state index contributed by atoms with van der Waals surface area (Å²) in [6, 6.07) is 8.98. The van der Waals surface area contributed by atoms with Crippen molar-refractivity contribution >= 4 is 11.4 Å². The van der Waals surface area contributed by atoms with Gasteiger partial charge >= 0.3 is 6.18 Å². The standard InChI is InChI=1S/C16H15F4N3/c17-13-3-1-2-4-14(13)23-9-7-22(8-10-23)12-5-6-15(21-11-12)16(18,19)20/h1-6,11H,7-10H2. The third-order valence-electron chi connectivity index (χ3n) is 3.88. The molecule has 2 aromatic rings. The zero-order valence-electron chi connectivity index (χ0n) is 12.2. The highest BCUT2D eigenvalue weighted by molar-refractivity contribution is 5.51. The third kappa shape index (κ3) is 3.38. The van der Waals surface area contributed by atoms with Crippen molar-refractivity contribution in [2.75, 3.05) is 36.0 Å². The average molecular weight is 325 g/mol. The van der Waals surface area contributed by atoms with E-state index in [1.165, 1.54) is 18.3 Å². The minimum absolute atomic E-state index is 0.267. The largest absolute Gasteiger partial charge is 0.433 e. The molecule has 1 saturated heterocycles. The lowest BCUT2D eigenvalue weighted by Gasteiger charge is -2.37. The highest BCUT2D eigenvalue weighted by Gasteiger charge is 2.32. The molecule has 2 heterocycles. The Morgan fingerprint density at radius 2 is 1.52 bits per heavy atom. The van der Waals surface area contributed by atoms with Gasteiger partial charge in [0.2, 0.25) is 0 Å². The summed E-state index contributed by atoms with van der Waals surface area (Å²) in [5.41, 5.74) is 0.301. The topological polar surface area (TPSA) is 19.4 Å². The molecule has 0 aliphatic carbocycles. The molecule has 0 bridgehead atoms. The van der Waals surface area contributed by atoms with Gasteiger partial charge < -0.3 is 9.80 Å². The lowest BCUT2D eigenvalue weighted by atomic mass is 10.2. The molecular formula is C16H15F4N3. The third-order valence-corrected chi connectivity index (χ3v) is 3.88. The summed E-state index contributed by atoms with van der Waals surface area (Å²) in [4.78, 5) is 7.36. The normalized spacial score (nSPS) is 15.8. The molecule has 122 valence electrons. The Morgan fingerprint density at radius 1 is 0.870 bits per heavy atom. The summed E-state index contributed by atoms with van der Waals surface area (Å²) in [5.74, 6) is -0.267. The zero-order chi connectivity index (χ0) is 16.4. The maximum absolute atomic E-state index is 13.8. The molecule has 0 unspecified atom stereocenters. The average Bonchev–Trinajstić information content (AvgIpc) is 2.55. The molecule has 7 heteroatoms. The number of para-hydroxylation sites is 1. The fourth-order valence-corrected chi connectivity index (χ4v) is 2.65. The number of pyridine rings is 1. The number of nitrogens with zero attached hydrogens (tertiary/aromatic N) is 3. The van der Waals surface area contributed by atoms with Gasteiger partial charge in [-0.05, 0) is 24.3 Å². The first-order valence-corrected chi connectivity index (χ1v) is 7.23. The maximum atomic E-state index is 13.8. The van der Waals surface area contributed by atoms with Crippen LogP contribution < -0.4 is 9.80 Å². The fraction of sp³-hybridized carbons (Fsp3) is 0.312. The van der Waals surface area contributed by atoms with E-state index >= 15 is 0 Å². The van der Waals surface area contributed by atoms with E-state index in [0.29, 0.717) is 37.6 Å². The molecule has 1 aromatic heterocycles. The number of piperazine rings is 1. The Kier molecular flexibility index (Phi) is 4.11. The minimum atomic E-state index is -4.43. The molecule has 23 heavy (non-hydrogen) atoms. The molecule has 3 nitrogen and oxygen atoms in total. The summed E-state index contributed by atoms with van der Waals surface area (Å²) in [7, 11) is 0. The van der Waals surface area contributed by atoms with Crippen LogP contribution in [0.1, 0.15) is 5.69 Å². The van der Waals surface area contributed by atoms with Gasteiger partial charge in [0, 0.05) is 26.2 Å². The van der Waals surface area contributed by atoms with Crippen LogP contribution in [-0.4, -0.2) is 31.2 Å². The SMILES string of the molecule is Fc1ccccc1N1CCN(c2ccc(C(F)(F)F)nc2)CC1. The van der Waals surface area contributed by atoms with E-state index in [2.05, 4.69) is 4.98 Å². The van der Waals surface area contributed by atoms with Crippen molar-refractivity contribution in [3.8, 4) is 0 Å². The molecule has 3 rings (SSSR count). The highest BCUT2D eigenvalue weighted by atomic mass is 19.4. The van der Waals surface area contributed by atoms with E-state index < -0.39 is 11.9 Å². The van der Waals surface area contributed by atoms with Crippen molar-refractivity contribution in [2.45, 2.75) is 6.18 Å². The van der Waals surface area contributed by atoms with Gasteiger partial charge in [-0.3, -0.25) is 0 Å². The predicted octanol–water partition coefficient (Wildman–Crippen LogP) is 3.57. The Bertz CT molecular complexity index is 662. The minimum Gasteiger partial charge on any atom is -0.367 e. The summed E-state index contributed by atoms with van der Waals surface area (Å²) >= 11 is 0. The summed E-state index contributed by atoms with van der Waals surface area (Å²) in [6.07, 6.45) is -3.19. The van der Waals surface area contributed by atoms with Gasteiger partial charge in [-0.1, -0.05) is 12.1 Å². The van der Waals surface area contributed by atoms with E-state index in [1.54, 1.807) is 18.2 Å². The van der Waals surface area contributed by atoms with Crippen LogP contribution in [0.4, 0.5) is 28.9 Å². The van der Waals surface area contributed by atoms with Gasteiger partial charge in [0.1, 0.15) is 11.5 Å². The van der Waals surface area contributed by atoms with Crippen molar-refractivity contribution < 1.29 is 17.6 Å². The second-order valence-electron chi connectivity index (χ2n) is 5.32. The predicted molar refractivity (Wildman–Crippen MR) is 80.1 cm³/mol. The van der Waals surface area contributed by atoms with E-state index in [4.69, 9.17) is 0 Å². The smallest absolute Gasteiger partial charge is 0.367 e. The first kappa shape index (κ1) is 15.6. The Morgan fingerprint density at radius 3 is 2.09 bits per heavy atom. The van der Waals surface area contributed by atoms with Crippen LogP contribution in [-0.2, 0) is 6.18 Å². The maximum Gasteiger partial charge on any atom is 0.433 e. The quantitative estimate of drug-likeness (QED) is 0.787. The number of aromatic nitrogens is 1. The van der Waals surface area contributed by atoms with Gasteiger partial charge in [-0.2, -0.15) is 13.2 Å². The van der Waals surface area contributed by atoms with Gasteiger partial charge in [-0.15, -0.1) is 0 Å². The fourth-order valence-electron chi connectivity index (χ4n) is 2.65. The lowest BCUT2D eigenvalue weighted by molar-refractivity contribution is -0.141.